The first-order valence-corrected chi connectivity index (χ1v) is 7.31. The molecule has 9 heteroatoms. The van der Waals surface area contributed by atoms with Crippen LogP contribution in [0.1, 0.15) is 0 Å². The summed E-state index contributed by atoms with van der Waals surface area (Å²) in [6.45, 7) is 0. The molecular weight excluding hydrogens is 299 g/mol. The number of aromatic nitrogens is 2. The van der Waals surface area contributed by atoms with E-state index in [0.29, 0.717) is 5.95 Å². The van der Waals surface area contributed by atoms with Gasteiger partial charge in [0.2, 0.25) is 5.95 Å². The molecule has 0 aliphatic heterocycles. The molecule has 0 spiro atoms. The number of methoxy groups -OCH3 is 1. The highest BCUT2D eigenvalue weighted by Crippen LogP contribution is 2.22. The van der Waals surface area contributed by atoms with Crippen molar-refractivity contribution in [2.75, 3.05) is 24.2 Å². The van der Waals surface area contributed by atoms with Gasteiger partial charge in [0.25, 0.3) is 10.0 Å². The molecule has 1 aromatic carbocycles. The van der Waals surface area contributed by atoms with Gasteiger partial charge in [-0.1, -0.05) is 0 Å². The van der Waals surface area contributed by atoms with E-state index in [-0.39, 0.29) is 16.3 Å². The van der Waals surface area contributed by atoms with Gasteiger partial charge in [-0.05, 0) is 12.1 Å². The van der Waals surface area contributed by atoms with Crippen molar-refractivity contribution in [2.45, 2.75) is 4.90 Å². The average molecular weight is 312 g/mol. The standard InChI is InChI=1S/C12H13FN4O3S/c1-14-12-15-6-9(7-16-12)21(18,19)17-8-3-4-11(20-2)10(13)5-8/h3-7,17H,1-2H3,(H,14,15,16). The Morgan fingerprint density at radius 3 is 2.43 bits per heavy atom. The van der Waals surface area contributed by atoms with E-state index < -0.39 is 15.8 Å². The molecule has 2 rings (SSSR count). The lowest BCUT2D eigenvalue weighted by Crippen LogP contribution is -2.14. The van der Waals surface area contributed by atoms with Crippen molar-refractivity contribution in [1.29, 1.82) is 0 Å². The molecule has 0 bridgehead atoms. The van der Waals surface area contributed by atoms with Crippen LogP contribution in [-0.2, 0) is 10.0 Å². The van der Waals surface area contributed by atoms with Crippen LogP contribution in [0.15, 0.2) is 35.5 Å². The zero-order valence-corrected chi connectivity index (χ0v) is 12.1. The Balaban J connectivity index is 2.26. The van der Waals surface area contributed by atoms with E-state index in [1.54, 1.807) is 7.05 Å². The number of rotatable bonds is 5. The molecule has 0 unspecified atom stereocenters. The minimum absolute atomic E-state index is 0.0275. The van der Waals surface area contributed by atoms with E-state index >= 15 is 0 Å². The van der Waals surface area contributed by atoms with E-state index in [1.165, 1.54) is 19.2 Å². The zero-order chi connectivity index (χ0) is 15.5. The van der Waals surface area contributed by atoms with Crippen molar-refractivity contribution < 1.29 is 17.5 Å². The Hall–Kier alpha value is -2.42. The van der Waals surface area contributed by atoms with E-state index in [9.17, 15) is 12.8 Å². The maximum atomic E-state index is 13.5. The molecule has 112 valence electrons. The highest BCUT2D eigenvalue weighted by Gasteiger charge is 2.16. The molecule has 2 aromatic rings. The van der Waals surface area contributed by atoms with Crippen LogP contribution in [0.25, 0.3) is 0 Å². The molecule has 0 saturated carbocycles. The molecule has 0 radical (unpaired) electrons. The van der Waals surface area contributed by atoms with Crippen molar-refractivity contribution in [1.82, 2.24) is 9.97 Å². The number of hydrogen-bond acceptors (Lipinski definition) is 6. The van der Waals surface area contributed by atoms with Gasteiger partial charge in [0.05, 0.1) is 25.2 Å². The van der Waals surface area contributed by atoms with Gasteiger partial charge in [-0.2, -0.15) is 0 Å². The second-order valence-corrected chi connectivity index (χ2v) is 5.63. The normalized spacial score (nSPS) is 11.0. The van der Waals surface area contributed by atoms with Crippen molar-refractivity contribution >= 4 is 21.7 Å². The van der Waals surface area contributed by atoms with Crippen LogP contribution in [0.5, 0.6) is 5.75 Å². The van der Waals surface area contributed by atoms with Crippen LogP contribution in [0.3, 0.4) is 0 Å². The number of sulfonamides is 1. The largest absolute Gasteiger partial charge is 0.494 e. The Kier molecular flexibility index (Phi) is 4.22. The number of ether oxygens (including phenoxy) is 1. The third kappa shape index (κ3) is 3.37. The maximum Gasteiger partial charge on any atom is 0.264 e. The molecule has 7 nitrogen and oxygen atoms in total. The third-order valence-corrected chi connectivity index (χ3v) is 3.90. The number of hydrogen-bond donors (Lipinski definition) is 2. The summed E-state index contributed by atoms with van der Waals surface area (Å²) in [5.41, 5.74) is 0.0750. The quantitative estimate of drug-likeness (QED) is 0.868. The monoisotopic (exact) mass is 312 g/mol. The molecule has 1 aromatic heterocycles. The van der Waals surface area contributed by atoms with Crippen LogP contribution in [0.2, 0.25) is 0 Å². The number of nitrogens with one attached hydrogen (secondary N) is 2. The summed E-state index contributed by atoms with van der Waals surface area (Å²) < 4.78 is 44.7. The van der Waals surface area contributed by atoms with Crippen molar-refractivity contribution in [2.24, 2.45) is 0 Å². The molecule has 2 N–H and O–H groups in total. The second kappa shape index (κ2) is 5.92. The van der Waals surface area contributed by atoms with Crippen LogP contribution in [0, 0.1) is 5.82 Å². The molecular formula is C12H13FN4O3S. The summed E-state index contributed by atoms with van der Waals surface area (Å²) in [6, 6.07) is 3.75. The molecule has 1 heterocycles. The van der Waals surface area contributed by atoms with Gasteiger partial charge in [0.15, 0.2) is 11.6 Å². The summed E-state index contributed by atoms with van der Waals surface area (Å²) in [5, 5.41) is 2.67. The molecule has 0 aliphatic rings. The molecule has 0 fully saturated rings. The summed E-state index contributed by atoms with van der Waals surface area (Å²) in [5.74, 6) is -0.344. The number of anilines is 2. The fraction of sp³-hybridized carbons (Fsp3) is 0.167. The van der Waals surface area contributed by atoms with Crippen LogP contribution < -0.4 is 14.8 Å². The molecule has 0 saturated heterocycles. The van der Waals surface area contributed by atoms with E-state index in [4.69, 9.17) is 4.74 Å². The van der Waals surface area contributed by atoms with Gasteiger partial charge in [-0.3, -0.25) is 4.72 Å². The van der Waals surface area contributed by atoms with Crippen molar-refractivity contribution in [3.05, 3.63) is 36.4 Å². The Labute approximate surface area is 121 Å². The lowest BCUT2D eigenvalue weighted by Gasteiger charge is -2.09. The highest BCUT2D eigenvalue weighted by atomic mass is 32.2. The minimum atomic E-state index is -3.88. The lowest BCUT2D eigenvalue weighted by molar-refractivity contribution is 0.386. The molecule has 21 heavy (non-hydrogen) atoms. The number of nitrogens with zero attached hydrogens (tertiary/aromatic N) is 2. The summed E-state index contributed by atoms with van der Waals surface area (Å²) in [6.07, 6.45) is 2.31. The highest BCUT2D eigenvalue weighted by molar-refractivity contribution is 7.92. The van der Waals surface area contributed by atoms with Crippen LogP contribution in [0.4, 0.5) is 16.0 Å². The predicted octanol–water partition coefficient (Wildman–Crippen LogP) is 1.47. The van der Waals surface area contributed by atoms with Gasteiger partial charge >= 0.3 is 0 Å². The first-order chi connectivity index (χ1) is 9.96. The van der Waals surface area contributed by atoms with Gasteiger partial charge in [0, 0.05) is 13.1 Å². The van der Waals surface area contributed by atoms with Gasteiger partial charge < -0.3 is 10.1 Å². The Morgan fingerprint density at radius 2 is 1.90 bits per heavy atom. The fourth-order valence-corrected chi connectivity index (χ4v) is 2.47. The van der Waals surface area contributed by atoms with Crippen molar-refractivity contribution in [3.8, 4) is 5.75 Å². The van der Waals surface area contributed by atoms with E-state index in [2.05, 4.69) is 20.0 Å². The van der Waals surface area contributed by atoms with Gasteiger partial charge in [0.1, 0.15) is 4.90 Å². The molecule has 0 aliphatic carbocycles. The number of halogens is 1. The number of benzene rings is 1. The lowest BCUT2D eigenvalue weighted by atomic mass is 10.3. The average Bonchev–Trinajstić information content (AvgIpc) is 2.47. The maximum absolute atomic E-state index is 13.5. The van der Waals surface area contributed by atoms with Crippen LogP contribution in [-0.4, -0.2) is 32.5 Å². The van der Waals surface area contributed by atoms with E-state index in [1.807, 2.05) is 0 Å². The van der Waals surface area contributed by atoms with Crippen molar-refractivity contribution in [3.63, 3.8) is 0 Å². The second-order valence-electron chi connectivity index (χ2n) is 3.95. The summed E-state index contributed by atoms with van der Waals surface area (Å²) >= 11 is 0. The molecule has 0 amide bonds. The Bertz CT molecular complexity index is 735. The molecule has 0 atom stereocenters. The van der Waals surface area contributed by atoms with Crippen LogP contribution >= 0.6 is 0 Å². The SMILES string of the molecule is CNc1ncc(S(=O)(=O)Nc2ccc(OC)c(F)c2)cn1. The predicted molar refractivity (Wildman–Crippen MR) is 75.3 cm³/mol. The van der Waals surface area contributed by atoms with E-state index in [0.717, 1.165) is 18.5 Å². The Morgan fingerprint density at radius 1 is 1.24 bits per heavy atom. The minimum Gasteiger partial charge on any atom is -0.494 e. The fourth-order valence-electron chi connectivity index (χ4n) is 1.53. The first-order valence-electron chi connectivity index (χ1n) is 5.82. The van der Waals surface area contributed by atoms with Gasteiger partial charge in [-0.25, -0.2) is 22.8 Å². The topological polar surface area (TPSA) is 93.2 Å². The van der Waals surface area contributed by atoms with Gasteiger partial charge in [-0.15, -0.1) is 0 Å². The zero-order valence-electron chi connectivity index (χ0n) is 11.3. The summed E-state index contributed by atoms with van der Waals surface area (Å²) in [7, 11) is -0.950. The summed E-state index contributed by atoms with van der Waals surface area (Å²) in [4.78, 5) is 7.50. The first kappa shape index (κ1) is 15.0. The smallest absolute Gasteiger partial charge is 0.264 e. The third-order valence-electron chi connectivity index (χ3n) is 2.57.